The van der Waals surface area contributed by atoms with Crippen molar-refractivity contribution in [3.05, 3.63) is 6.67 Å². The van der Waals surface area contributed by atoms with Crippen molar-refractivity contribution in [1.82, 2.24) is 9.80 Å². The molecule has 1 saturated heterocycles. The normalized spacial score (nSPS) is 42.3. The molecule has 114 valence electrons. The second kappa shape index (κ2) is 4.02. The fourth-order valence-electron chi connectivity index (χ4n) is 5.50. The van der Waals surface area contributed by atoms with Gasteiger partial charge in [0.15, 0.2) is 0 Å². The molecule has 5 rings (SSSR count). The molecule has 2 amide bonds. The van der Waals surface area contributed by atoms with Crippen molar-refractivity contribution in [2.24, 2.45) is 17.8 Å². The van der Waals surface area contributed by atoms with Crippen LogP contribution in [0.1, 0.15) is 59.3 Å². The van der Waals surface area contributed by atoms with Gasteiger partial charge >= 0.3 is 11.8 Å². The van der Waals surface area contributed by atoms with Crippen LogP contribution in [0.3, 0.4) is 0 Å². The van der Waals surface area contributed by atoms with E-state index in [-0.39, 0.29) is 17.0 Å². The molecular weight excluding hydrogens is 264 g/mol. The maximum absolute atomic E-state index is 12.6. The van der Waals surface area contributed by atoms with Crippen LogP contribution in [0.25, 0.3) is 0 Å². The van der Waals surface area contributed by atoms with E-state index in [0.717, 1.165) is 37.0 Å². The Balaban J connectivity index is 1.65. The predicted molar refractivity (Wildman–Crippen MR) is 77.6 cm³/mol. The highest BCUT2D eigenvalue weighted by Gasteiger charge is 2.59. The summed E-state index contributed by atoms with van der Waals surface area (Å²) in [5.74, 6) is 1.50. The first-order valence-electron chi connectivity index (χ1n) is 8.23. The van der Waals surface area contributed by atoms with Crippen molar-refractivity contribution in [1.29, 1.82) is 0 Å². The fourth-order valence-corrected chi connectivity index (χ4v) is 5.50. The third-order valence-corrected chi connectivity index (χ3v) is 5.94. The Hall–Kier alpha value is -1.06. The van der Waals surface area contributed by atoms with Crippen LogP contribution in [0.4, 0.5) is 0 Å². The number of nitrogens with zero attached hydrogens (tertiary/aromatic N) is 2. The molecule has 1 aliphatic heterocycles. The Morgan fingerprint density at radius 1 is 0.952 bits per heavy atom. The fraction of sp³-hybridized carbons (Fsp3) is 0.824. The van der Waals surface area contributed by atoms with Crippen LogP contribution < -0.4 is 0 Å². The van der Waals surface area contributed by atoms with Crippen LogP contribution in [0.15, 0.2) is 0 Å². The first-order chi connectivity index (χ1) is 9.78. The van der Waals surface area contributed by atoms with Crippen molar-refractivity contribution >= 4 is 11.8 Å². The molecule has 2 radical (unpaired) electrons. The molecule has 0 N–H and O–H groups in total. The summed E-state index contributed by atoms with van der Waals surface area (Å²) >= 11 is 0. The number of carbonyl (C=O) groups excluding carboxylic acids is 2. The topological polar surface area (TPSA) is 40.6 Å². The molecule has 4 saturated carbocycles. The average molecular weight is 288 g/mol. The van der Waals surface area contributed by atoms with Gasteiger partial charge in [-0.3, -0.25) is 19.4 Å². The van der Waals surface area contributed by atoms with Crippen LogP contribution in [0.5, 0.6) is 0 Å². The summed E-state index contributed by atoms with van der Waals surface area (Å²) in [5.41, 5.74) is -0.495. The second-order valence-electron chi connectivity index (χ2n) is 8.69. The molecule has 4 heteroatoms. The van der Waals surface area contributed by atoms with Crippen LogP contribution >= 0.6 is 0 Å². The highest BCUT2D eigenvalue weighted by atomic mass is 16.2. The van der Waals surface area contributed by atoms with Gasteiger partial charge in [0, 0.05) is 11.1 Å². The highest BCUT2D eigenvalue weighted by Crippen LogP contribution is 2.58. The summed E-state index contributed by atoms with van der Waals surface area (Å²) in [7, 11) is 0. The Morgan fingerprint density at radius 2 is 1.43 bits per heavy atom. The first-order valence-corrected chi connectivity index (χ1v) is 8.23. The van der Waals surface area contributed by atoms with E-state index in [1.165, 1.54) is 24.2 Å². The van der Waals surface area contributed by atoms with Gasteiger partial charge in [0.25, 0.3) is 0 Å². The van der Waals surface area contributed by atoms with Gasteiger partial charge in [0.05, 0.1) is 0 Å². The lowest BCUT2D eigenvalue weighted by atomic mass is 9.52. The maximum atomic E-state index is 12.6. The summed E-state index contributed by atoms with van der Waals surface area (Å²) in [6.45, 7) is 9.01. The van der Waals surface area contributed by atoms with Crippen molar-refractivity contribution < 1.29 is 9.59 Å². The number of rotatable bonds is 1. The molecule has 5 fully saturated rings. The Bertz CT molecular complexity index is 470. The van der Waals surface area contributed by atoms with Crippen LogP contribution in [-0.4, -0.2) is 32.7 Å². The quantitative estimate of drug-likeness (QED) is 0.695. The summed E-state index contributed by atoms with van der Waals surface area (Å²) < 4.78 is 0. The standard InChI is InChI=1S/C17H24N2O2/c1-16(2,3)18-10-19(15(21)14(18)20)17-7-11-4-12(8-17)6-13(5-11)9-17/h11-13H,4-9H2,1-3H3. The van der Waals surface area contributed by atoms with Gasteiger partial charge in [-0.1, -0.05) is 0 Å². The van der Waals surface area contributed by atoms with E-state index in [1.54, 1.807) is 4.90 Å². The molecule has 1 heterocycles. The monoisotopic (exact) mass is 288 g/mol. The minimum Gasteiger partial charge on any atom is -0.298 e. The van der Waals surface area contributed by atoms with Crippen LogP contribution in [0.2, 0.25) is 0 Å². The highest BCUT2D eigenvalue weighted by molar-refractivity contribution is 6.37. The zero-order chi connectivity index (χ0) is 15.0. The number of carbonyl (C=O) groups is 2. The largest absolute Gasteiger partial charge is 0.314 e. The van der Waals surface area contributed by atoms with E-state index >= 15 is 0 Å². The first kappa shape index (κ1) is 13.6. The van der Waals surface area contributed by atoms with Gasteiger partial charge in [-0.25, -0.2) is 0 Å². The summed E-state index contributed by atoms with van der Waals surface area (Å²) in [5, 5.41) is 0. The van der Waals surface area contributed by atoms with Crippen molar-refractivity contribution in [2.75, 3.05) is 0 Å². The summed E-state index contributed by atoms with van der Waals surface area (Å²) in [4.78, 5) is 28.1. The lowest BCUT2D eigenvalue weighted by Gasteiger charge is -2.59. The van der Waals surface area contributed by atoms with Crippen LogP contribution in [-0.2, 0) is 9.59 Å². The minimum atomic E-state index is -0.404. The Kier molecular flexibility index (Phi) is 2.60. The Labute approximate surface area is 126 Å². The van der Waals surface area contributed by atoms with Crippen molar-refractivity contribution in [2.45, 2.75) is 70.4 Å². The van der Waals surface area contributed by atoms with Gasteiger partial charge < -0.3 is 0 Å². The smallest absolute Gasteiger partial charge is 0.298 e. The zero-order valence-corrected chi connectivity index (χ0v) is 13.2. The van der Waals surface area contributed by atoms with Crippen molar-refractivity contribution in [3.63, 3.8) is 0 Å². The molecule has 0 aromatic rings. The van der Waals surface area contributed by atoms with E-state index in [0.29, 0.717) is 0 Å². The zero-order valence-electron chi connectivity index (χ0n) is 13.2. The number of hydrogen-bond acceptors (Lipinski definition) is 2. The molecule has 21 heavy (non-hydrogen) atoms. The van der Waals surface area contributed by atoms with E-state index in [9.17, 15) is 9.59 Å². The van der Waals surface area contributed by atoms with Gasteiger partial charge in [0.1, 0.15) is 0 Å². The predicted octanol–water partition coefficient (Wildman–Crippen LogP) is 2.42. The second-order valence-corrected chi connectivity index (χ2v) is 8.69. The molecule has 0 aromatic carbocycles. The molecule has 0 aromatic heterocycles. The molecule has 4 bridgehead atoms. The van der Waals surface area contributed by atoms with E-state index in [2.05, 4.69) is 6.67 Å². The molecule has 4 aliphatic carbocycles. The van der Waals surface area contributed by atoms with E-state index < -0.39 is 5.91 Å². The number of hydrogen-bond donors (Lipinski definition) is 0. The molecule has 5 aliphatic rings. The average Bonchev–Trinajstić information content (AvgIpc) is 2.64. The minimum absolute atomic E-state index is 0.110. The molecule has 0 spiro atoms. The van der Waals surface area contributed by atoms with Gasteiger partial charge in [-0.05, 0) is 77.0 Å². The third kappa shape index (κ3) is 1.87. The molecular formula is C17H24N2O2. The summed E-state index contributed by atoms with van der Waals surface area (Å²) in [6.07, 6.45) is 7.21. The van der Waals surface area contributed by atoms with Crippen molar-refractivity contribution in [3.8, 4) is 0 Å². The van der Waals surface area contributed by atoms with E-state index in [4.69, 9.17) is 0 Å². The number of amides is 2. The molecule has 0 atom stereocenters. The van der Waals surface area contributed by atoms with Gasteiger partial charge in [-0.2, -0.15) is 0 Å². The SMILES string of the molecule is CC(C)(C)N1[C]N(C23CC4CC(CC(C4)C2)C3)C(=O)C1=O. The lowest BCUT2D eigenvalue weighted by molar-refractivity contribution is -0.151. The third-order valence-electron chi connectivity index (χ3n) is 5.94. The molecule has 4 nitrogen and oxygen atoms in total. The van der Waals surface area contributed by atoms with Gasteiger partial charge in [-0.15, -0.1) is 0 Å². The van der Waals surface area contributed by atoms with Crippen LogP contribution in [0, 0.1) is 24.4 Å². The maximum Gasteiger partial charge on any atom is 0.314 e. The molecule has 0 unspecified atom stereocenters. The van der Waals surface area contributed by atoms with Gasteiger partial charge in [0.2, 0.25) is 6.67 Å². The lowest BCUT2D eigenvalue weighted by Crippen LogP contribution is -2.60. The Morgan fingerprint density at radius 3 is 1.81 bits per heavy atom. The summed E-state index contributed by atoms with van der Waals surface area (Å²) in [6, 6.07) is 0. The van der Waals surface area contributed by atoms with E-state index in [1.807, 2.05) is 20.8 Å².